The van der Waals surface area contributed by atoms with Crippen LogP contribution in [-0.2, 0) is 9.59 Å². The number of anilines is 1. The van der Waals surface area contributed by atoms with Gasteiger partial charge in [-0.15, -0.1) is 10.2 Å². The number of likely N-dealkylation sites (tertiary alicyclic amines) is 1. The number of thioether (sulfide) groups is 1. The topological polar surface area (TPSA) is 97.3 Å². The molecule has 1 aromatic carbocycles. The number of carbonyl (C=O) groups excluding carboxylic acids is 2. The Morgan fingerprint density at radius 2 is 1.90 bits per heavy atom. The van der Waals surface area contributed by atoms with Gasteiger partial charge in [-0.3, -0.25) is 14.2 Å². The molecule has 4 rings (SSSR count). The molecule has 2 aliphatic rings. The van der Waals surface area contributed by atoms with Crippen LogP contribution in [0.2, 0.25) is 5.02 Å². The highest BCUT2D eigenvalue weighted by molar-refractivity contribution is 7.99. The number of primary amides is 1. The van der Waals surface area contributed by atoms with E-state index in [-0.39, 0.29) is 23.5 Å². The van der Waals surface area contributed by atoms with Crippen molar-refractivity contribution >= 4 is 41.1 Å². The lowest BCUT2D eigenvalue weighted by Gasteiger charge is -2.31. The van der Waals surface area contributed by atoms with E-state index in [0.29, 0.717) is 23.3 Å². The average molecular weight is 449 g/mol. The number of amides is 2. The van der Waals surface area contributed by atoms with Crippen molar-refractivity contribution in [2.75, 3.05) is 36.8 Å². The summed E-state index contributed by atoms with van der Waals surface area (Å²) in [6.07, 6.45) is 3.77. The number of para-hydroxylation sites is 1. The van der Waals surface area contributed by atoms with Crippen LogP contribution < -0.4 is 10.6 Å². The Kier molecular flexibility index (Phi) is 6.48. The molecular formula is C20H25ClN6O2S. The van der Waals surface area contributed by atoms with Crippen molar-refractivity contribution in [3.05, 3.63) is 29.3 Å². The van der Waals surface area contributed by atoms with Crippen molar-refractivity contribution in [2.45, 2.75) is 30.8 Å². The molecule has 0 aliphatic carbocycles. The summed E-state index contributed by atoms with van der Waals surface area (Å²) in [6, 6.07) is 7.57. The molecule has 2 saturated heterocycles. The monoisotopic (exact) mass is 448 g/mol. The van der Waals surface area contributed by atoms with Gasteiger partial charge in [0.2, 0.25) is 17.8 Å². The van der Waals surface area contributed by atoms with E-state index in [1.165, 1.54) is 11.8 Å². The van der Waals surface area contributed by atoms with Crippen LogP contribution in [0.25, 0.3) is 5.69 Å². The quantitative estimate of drug-likeness (QED) is 0.681. The molecule has 10 heteroatoms. The minimum absolute atomic E-state index is 0.0256. The molecule has 2 aliphatic heterocycles. The predicted molar refractivity (Wildman–Crippen MR) is 117 cm³/mol. The third kappa shape index (κ3) is 4.41. The SMILES string of the molecule is NC(=O)C1CCCN(C(=O)CSc2nnc(N3CCCC3)n2-c2ccccc2Cl)C1. The van der Waals surface area contributed by atoms with E-state index in [1.807, 2.05) is 28.8 Å². The summed E-state index contributed by atoms with van der Waals surface area (Å²) in [4.78, 5) is 28.2. The summed E-state index contributed by atoms with van der Waals surface area (Å²) >= 11 is 7.81. The van der Waals surface area contributed by atoms with Crippen LogP contribution in [0.3, 0.4) is 0 Å². The first kappa shape index (κ1) is 21.0. The molecule has 1 aromatic heterocycles. The molecule has 1 unspecified atom stereocenters. The summed E-state index contributed by atoms with van der Waals surface area (Å²) in [7, 11) is 0. The summed E-state index contributed by atoms with van der Waals surface area (Å²) < 4.78 is 1.94. The first-order chi connectivity index (χ1) is 14.5. The highest BCUT2D eigenvalue weighted by Crippen LogP contribution is 2.32. The van der Waals surface area contributed by atoms with Gasteiger partial charge in [-0.1, -0.05) is 35.5 Å². The van der Waals surface area contributed by atoms with Crippen molar-refractivity contribution in [1.29, 1.82) is 0 Å². The fraction of sp³-hybridized carbons (Fsp3) is 0.500. The molecule has 3 heterocycles. The molecule has 0 bridgehead atoms. The largest absolute Gasteiger partial charge is 0.369 e. The van der Waals surface area contributed by atoms with Crippen LogP contribution in [0.1, 0.15) is 25.7 Å². The Balaban J connectivity index is 1.53. The van der Waals surface area contributed by atoms with E-state index in [4.69, 9.17) is 17.3 Å². The van der Waals surface area contributed by atoms with E-state index in [1.54, 1.807) is 4.90 Å². The second-order valence-corrected chi connectivity index (χ2v) is 8.98. The molecule has 0 saturated carbocycles. The van der Waals surface area contributed by atoms with Crippen LogP contribution >= 0.6 is 23.4 Å². The maximum Gasteiger partial charge on any atom is 0.233 e. The highest BCUT2D eigenvalue weighted by atomic mass is 35.5. The lowest BCUT2D eigenvalue weighted by molar-refractivity contribution is -0.132. The first-order valence-electron chi connectivity index (χ1n) is 10.2. The van der Waals surface area contributed by atoms with Gasteiger partial charge in [0.15, 0.2) is 5.16 Å². The van der Waals surface area contributed by atoms with E-state index >= 15 is 0 Å². The van der Waals surface area contributed by atoms with E-state index in [9.17, 15) is 9.59 Å². The standard InChI is InChI=1S/C20H25ClN6O2S/c21-15-7-1-2-8-16(15)27-19(25-9-3-4-10-25)23-24-20(27)30-13-17(28)26-11-5-6-14(12-26)18(22)29/h1-2,7-8,14H,3-6,9-13H2,(H2,22,29). The van der Waals surface area contributed by atoms with Crippen molar-refractivity contribution < 1.29 is 9.59 Å². The number of carbonyl (C=O) groups is 2. The van der Waals surface area contributed by atoms with Gasteiger partial charge < -0.3 is 15.5 Å². The van der Waals surface area contributed by atoms with Gasteiger partial charge >= 0.3 is 0 Å². The zero-order chi connectivity index (χ0) is 21.1. The zero-order valence-electron chi connectivity index (χ0n) is 16.7. The summed E-state index contributed by atoms with van der Waals surface area (Å²) in [5.41, 5.74) is 6.23. The maximum absolute atomic E-state index is 12.8. The van der Waals surface area contributed by atoms with Crippen LogP contribution in [0.15, 0.2) is 29.4 Å². The van der Waals surface area contributed by atoms with Crippen LogP contribution in [0.5, 0.6) is 0 Å². The third-order valence-corrected chi connectivity index (χ3v) is 6.83. The molecule has 1 atom stereocenters. The highest BCUT2D eigenvalue weighted by Gasteiger charge is 2.28. The number of nitrogens with two attached hydrogens (primary N) is 1. The molecular weight excluding hydrogens is 424 g/mol. The second-order valence-electron chi connectivity index (χ2n) is 7.63. The van der Waals surface area contributed by atoms with Crippen molar-refractivity contribution in [1.82, 2.24) is 19.7 Å². The number of rotatable bonds is 6. The average Bonchev–Trinajstić information content (AvgIpc) is 3.42. The Labute approximate surface area is 184 Å². The maximum atomic E-state index is 12.8. The summed E-state index contributed by atoms with van der Waals surface area (Å²) in [5.74, 6) is 0.341. The lowest BCUT2D eigenvalue weighted by atomic mass is 9.97. The predicted octanol–water partition coefficient (Wildman–Crippen LogP) is 2.34. The fourth-order valence-corrected chi connectivity index (χ4v) is 5.04. The normalized spacial score (nSPS) is 19.3. The van der Waals surface area contributed by atoms with E-state index in [2.05, 4.69) is 15.1 Å². The second kappa shape index (κ2) is 9.26. The fourth-order valence-electron chi connectivity index (χ4n) is 3.98. The smallest absolute Gasteiger partial charge is 0.233 e. The van der Waals surface area contributed by atoms with E-state index < -0.39 is 0 Å². The Bertz CT molecular complexity index is 930. The molecule has 2 amide bonds. The van der Waals surface area contributed by atoms with E-state index in [0.717, 1.165) is 50.4 Å². The molecule has 2 fully saturated rings. The third-order valence-electron chi connectivity index (χ3n) is 5.60. The van der Waals surface area contributed by atoms with Gasteiger partial charge in [-0.25, -0.2) is 0 Å². The Morgan fingerprint density at radius 1 is 1.13 bits per heavy atom. The zero-order valence-corrected chi connectivity index (χ0v) is 18.2. The first-order valence-corrected chi connectivity index (χ1v) is 11.6. The molecule has 2 N–H and O–H groups in total. The van der Waals surface area contributed by atoms with Crippen molar-refractivity contribution in [3.8, 4) is 5.69 Å². The number of benzene rings is 1. The summed E-state index contributed by atoms with van der Waals surface area (Å²) in [6.45, 7) is 2.90. The van der Waals surface area contributed by atoms with Crippen molar-refractivity contribution in [2.24, 2.45) is 11.7 Å². The minimum Gasteiger partial charge on any atom is -0.369 e. The molecule has 8 nitrogen and oxygen atoms in total. The molecule has 30 heavy (non-hydrogen) atoms. The van der Waals surface area contributed by atoms with Gasteiger partial charge in [0.1, 0.15) is 0 Å². The molecule has 2 aromatic rings. The van der Waals surface area contributed by atoms with Crippen LogP contribution in [-0.4, -0.2) is 63.4 Å². The number of hydrogen-bond donors (Lipinski definition) is 1. The van der Waals surface area contributed by atoms with Crippen LogP contribution in [0.4, 0.5) is 5.95 Å². The number of hydrogen-bond acceptors (Lipinski definition) is 6. The van der Waals surface area contributed by atoms with Gasteiger partial charge in [0.25, 0.3) is 0 Å². The molecule has 0 radical (unpaired) electrons. The molecule has 160 valence electrons. The van der Waals surface area contributed by atoms with Gasteiger partial charge in [-0.05, 0) is 37.8 Å². The number of aromatic nitrogens is 3. The lowest BCUT2D eigenvalue weighted by Crippen LogP contribution is -2.44. The molecule has 0 spiro atoms. The summed E-state index contributed by atoms with van der Waals surface area (Å²) in [5, 5.41) is 10.0. The Morgan fingerprint density at radius 3 is 2.63 bits per heavy atom. The number of piperidine rings is 1. The number of nitrogens with zero attached hydrogens (tertiary/aromatic N) is 5. The minimum atomic E-state index is -0.339. The van der Waals surface area contributed by atoms with Gasteiger partial charge in [0.05, 0.1) is 22.4 Å². The van der Waals surface area contributed by atoms with Crippen LogP contribution in [0, 0.1) is 5.92 Å². The van der Waals surface area contributed by atoms with Crippen molar-refractivity contribution in [3.63, 3.8) is 0 Å². The Hall–Kier alpha value is -2.26. The van der Waals surface area contributed by atoms with Gasteiger partial charge in [0, 0.05) is 26.2 Å². The van der Waals surface area contributed by atoms with Gasteiger partial charge in [-0.2, -0.15) is 0 Å². The number of halogens is 1.